The molecule has 1 heterocycles. The fourth-order valence-corrected chi connectivity index (χ4v) is 3.08. The molecule has 1 aliphatic rings. The van der Waals surface area contributed by atoms with Crippen LogP contribution in [0.1, 0.15) is 18.4 Å². The summed E-state index contributed by atoms with van der Waals surface area (Å²) in [6.45, 7) is 0. The molecule has 1 aliphatic carbocycles. The lowest BCUT2D eigenvalue weighted by molar-refractivity contribution is 0.959. The van der Waals surface area contributed by atoms with Crippen molar-refractivity contribution < 1.29 is 0 Å². The summed E-state index contributed by atoms with van der Waals surface area (Å²) >= 11 is 0. The van der Waals surface area contributed by atoms with Crippen LogP contribution in [0, 0.1) is 0 Å². The Hall–Kier alpha value is -2.61. The molecule has 0 spiro atoms. The van der Waals surface area contributed by atoms with Gasteiger partial charge >= 0.3 is 0 Å². The number of imidazole rings is 1. The van der Waals surface area contributed by atoms with Gasteiger partial charge in [-0.15, -0.1) is 0 Å². The Labute approximate surface area is 130 Å². The maximum Gasteiger partial charge on any atom is 0.140 e. The molecule has 2 nitrogen and oxygen atoms in total. The highest BCUT2D eigenvalue weighted by Crippen LogP contribution is 2.29. The maximum absolute atomic E-state index is 4.80. The van der Waals surface area contributed by atoms with Crippen LogP contribution in [0.2, 0.25) is 0 Å². The lowest BCUT2D eigenvalue weighted by Crippen LogP contribution is -1.93. The summed E-state index contributed by atoms with van der Waals surface area (Å²) in [5.41, 5.74) is 6.11. The highest BCUT2D eigenvalue weighted by atomic mass is 15.1. The van der Waals surface area contributed by atoms with Crippen molar-refractivity contribution >= 4 is 16.6 Å². The molecule has 108 valence electrons. The summed E-state index contributed by atoms with van der Waals surface area (Å²) in [6.07, 6.45) is 8.84. The van der Waals surface area contributed by atoms with Crippen LogP contribution in [0.15, 0.2) is 66.8 Å². The molecule has 0 unspecified atom stereocenters. The van der Waals surface area contributed by atoms with Crippen molar-refractivity contribution in [1.29, 1.82) is 0 Å². The van der Waals surface area contributed by atoms with Crippen LogP contribution in [-0.4, -0.2) is 9.55 Å². The highest BCUT2D eigenvalue weighted by molar-refractivity contribution is 5.85. The summed E-state index contributed by atoms with van der Waals surface area (Å²) in [6, 6.07) is 16.9. The second-order valence-corrected chi connectivity index (χ2v) is 5.72. The predicted molar refractivity (Wildman–Crippen MR) is 92.5 cm³/mol. The fraction of sp³-hybridized carbons (Fsp3) is 0.150. The number of aromatic nitrogens is 2. The normalized spacial score (nSPS) is 14.3. The van der Waals surface area contributed by atoms with Gasteiger partial charge in [-0.2, -0.15) is 0 Å². The standard InChI is InChI=1S/C20H18N2/c1-22-19-14-17(15-8-4-2-5-9-15)12-13-18(19)21-20(22)16-10-6-3-7-11-16/h2-4,6-8,10-14H,5,9H2,1H3. The number of allylic oxidation sites excluding steroid dienone is 4. The highest BCUT2D eigenvalue weighted by Gasteiger charge is 2.11. The van der Waals surface area contributed by atoms with Crippen molar-refractivity contribution in [3.63, 3.8) is 0 Å². The van der Waals surface area contributed by atoms with E-state index in [1.807, 2.05) is 6.07 Å². The summed E-state index contributed by atoms with van der Waals surface area (Å²) in [5, 5.41) is 0. The largest absolute Gasteiger partial charge is 0.327 e. The van der Waals surface area contributed by atoms with Gasteiger partial charge in [0.05, 0.1) is 11.0 Å². The third-order valence-electron chi connectivity index (χ3n) is 4.30. The summed E-state index contributed by atoms with van der Waals surface area (Å²) < 4.78 is 2.19. The summed E-state index contributed by atoms with van der Waals surface area (Å²) in [4.78, 5) is 4.80. The monoisotopic (exact) mass is 286 g/mol. The first-order valence-electron chi connectivity index (χ1n) is 7.71. The van der Waals surface area contributed by atoms with Crippen molar-refractivity contribution in [2.24, 2.45) is 7.05 Å². The lowest BCUT2D eigenvalue weighted by Gasteiger charge is -2.09. The zero-order valence-corrected chi connectivity index (χ0v) is 12.7. The van der Waals surface area contributed by atoms with Crippen LogP contribution >= 0.6 is 0 Å². The molecular formula is C20H18N2. The van der Waals surface area contributed by atoms with Crippen molar-refractivity contribution in [3.05, 3.63) is 72.3 Å². The molecule has 2 heteroatoms. The summed E-state index contributed by atoms with van der Waals surface area (Å²) in [5.74, 6) is 1.02. The van der Waals surface area contributed by atoms with Gasteiger partial charge in [-0.05, 0) is 36.1 Å². The Balaban J connectivity index is 1.85. The average molecular weight is 286 g/mol. The van der Waals surface area contributed by atoms with E-state index in [9.17, 15) is 0 Å². The second-order valence-electron chi connectivity index (χ2n) is 5.72. The zero-order valence-electron chi connectivity index (χ0n) is 12.7. The number of benzene rings is 2. The third-order valence-corrected chi connectivity index (χ3v) is 4.30. The molecule has 0 saturated heterocycles. The van der Waals surface area contributed by atoms with Crippen LogP contribution < -0.4 is 0 Å². The minimum absolute atomic E-state index is 1.02. The molecule has 0 aliphatic heterocycles. The third kappa shape index (κ3) is 2.17. The number of hydrogen-bond donors (Lipinski definition) is 0. The zero-order chi connectivity index (χ0) is 14.9. The van der Waals surface area contributed by atoms with Gasteiger partial charge in [0, 0.05) is 12.6 Å². The molecule has 0 bridgehead atoms. The van der Waals surface area contributed by atoms with E-state index in [1.165, 1.54) is 16.7 Å². The van der Waals surface area contributed by atoms with Gasteiger partial charge in [0.1, 0.15) is 5.82 Å². The average Bonchev–Trinajstić information content (AvgIpc) is 2.93. The summed E-state index contributed by atoms with van der Waals surface area (Å²) in [7, 11) is 2.09. The van der Waals surface area contributed by atoms with Gasteiger partial charge in [-0.1, -0.05) is 54.6 Å². The molecule has 22 heavy (non-hydrogen) atoms. The van der Waals surface area contributed by atoms with E-state index < -0.39 is 0 Å². The molecule has 0 atom stereocenters. The Morgan fingerprint density at radius 2 is 1.86 bits per heavy atom. The van der Waals surface area contributed by atoms with E-state index in [-0.39, 0.29) is 0 Å². The first-order chi connectivity index (χ1) is 10.8. The van der Waals surface area contributed by atoms with Gasteiger partial charge < -0.3 is 4.57 Å². The van der Waals surface area contributed by atoms with Crippen LogP contribution in [-0.2, 0) is 7.05 Å². The molecule has 0 fully saturated rings. The Bertz CT molecular complexity index is 883. The number of nitrogens with zero attached hydrogens (tertiary/aromatic N) is 2. The van der Waals surface area contributed by atoms with E-state index >= 15 is 0 Å². The van der Waals surface area contributed by atoms with E-state index in [1.54, 1.807) is 0 Å². The van der Waals surface area contributed by atoms with Gasteiger partial charge in [-0.3, -0.25) is 0 Å². The Morgan fingerprint density at radius 1 is 1.00 bits per heavy atom. The first-order valence-corrected chi connectivity index (χ1v) is 7.71. The van der Waals surface area contributed by atoms with Gasteiger partial charge in [0.2, 0.25) is 0 Å². The van der Waals surface area contributed by atoms with Crippen molar-refractivity contribution in [3.8, 4) is 11.4 Å². The van der Waals surface area contributed by atoms with Gasteiger partial charge in [0.15, 0.2) is 0 Å². The van der Waals surface area contributed by atoms with Crippen LogP contribution in [0.4, 0.5) is 0 Å². The van der Waals surface area contributed by atoms with Crippen LogP contribution in [0.5, 0.6) is 0 Å². The van der Waals surface area contributed by atoms with E-state index in [2.05, 4.69) is 72.3 Å². The molecule has 1 aromatic heterocycles. The van der Waals surface area contributed by atoms with E-state index in [0.29, 0.717) is 0 Å². The predicted octanol–water partition coefficient (Wildman–Crippen LogP) is 4.97. The molecule has 2 aromatic carbocycles. The smallest absolute Gasteiger partial charge is 0.140 e. The van der Waals surface area contributed by atoms with E-state index in [0.717, 1.165) is 29.7 Å². The number of aryl methyl sites for hydroxylation is 1. The maximum atomic E-state index is 4.80. The van der Waals surface area contributed by atoms with E-state index in [4.69, 9.17) is 4.98 Å². The first kappa shape index (κ1) is 13.1. The van der Waals surface area contributed by atoms with Gasteiger partial charge in [0.25, 0.3) is 0 Å². The lowest BCUT2D eigenvalue weighted by atomic mass is 9.97. The SMILES string of the molecule is Cn1c(-c2ccccc2)nc2ccc(C3=CC=CCC3)cc21. The molecular weight excluding hydrogens is 268 g/mol. The Morgan fingerprint density at radius 3 is 2.64 bits per heavy atom. The van der Waals surface area contributed by atoms with Crippen LogP contribution in [0.3, 0.4) is 0 Å². The fourth-order valence-electron chi connectivity index (χ4n) is 3.08. The molecule has 0 amide bonds. The van der Waals surface area contributed by atoms with Crippen molar-refractivity contribution in [1.82, 2.24) is 9.55 Å². The number of fused-ring (bicyclic) bond motifs is 1. The van der Waals surface area contributed by atoms with Gasteiger partial charge in [-0.25, -0.2) is 4.98 Å². The molecule has 4 rings (SSSR count). The minimum atomic E-state index is 1.02. The number of rotatable bonds is 2. The minimum Gasteiger partial charge on any atom is -0.327 e. The van der Waals surface area contributed by atoms with Crippen molar-refractivity contribution in [2.45, 2.75) is 12.8 Å². The topological polar surface area (TPSA) is 17.8 Å². The number of hydrogen-bond acceptors (Lipinski definition) is 1. The molecule has 0 saturated carbocycles. The Kier molecular flexibility index (Phi) is 3.15. The molecule has 0 radical (unpaired) electrons. The molecule has 3 aromatic rings. The molecule has 0 N–H and O–H groups in total. The van der Waals surface area contributed by atoms with Crippen LogP contribution in [0.25, 0.3) is 28.0 Å². The van der Waals surface area contributed by atoms with Crippen molar-refractivity contribution in [2.75, 3.05) is 0 Å². The quantitative estimate of drug-likeness (QED) is 0.650. The second kappa shape index (κ2) is 5.30.